The van der Waals surface area contributed by atoms with Crippen molar-refractivity contribution in [3.05, 3.63) is 68.6 Å². The molecule has 0 aliphatic rings. The number of thiol groups is 1. The summed E-state index contributed by atoms with van der Waals surface area (Å²) in [5, 5.41) is 22.1. The van der Waals surface area contributed by atoms with Gasteiger partial charge in [-0.05, 0) is 82.1 Å². The Kier molecular flexibility index (Phi) is 54.1. The summed E-state index contributed by atoms with van der Waals surface area (Å²) in [5.74, 6) is 2.63. The molecule has 4 aromatic heterocycles. The monoisotopic (exact) mass is 1330 g/mol. The predicted molar refractivity (Wildman–Crippen MR) is 286 cm³/mol. The van der Waals surface area contributed by atoms with Crippen LogP contribution in [0.4, 0.5) is 0 Å². The van der Waals surface area contributed by atoms with E-state index in [1.165, 1.54) is 4.47 Å². The molecule has 0 spiro atoms. The molecular formula is C40H60BBr5NO13S5. The molecule has 14 nitrogen and oxygen atoms in total. The zero-order valence-electron chi connectivity index (χ0n) is 36.1. The molecule has 371 valence electrons. The molecule has 25 heteroatoms. The summed E-state index contributed by atoms with van der Waals surface area (Å²) in [5.41, 5.74) is 0. The summed E-state index contributed by atoms with van der Waals surface area (Å²) < 4.78 is 69.9. The van der Waals surface area contributed by atoms with Gasteiger partial charge in [-0.2, -0.15) is 11.3 Å². The molecule has 0 bridgehead atoms. The van der Waals surface area contributed by atoms with E-state index in [-0.39, 0.29) is 6.61 Å². The minimum absolute atomic E-state index is 0.0489. The van der Waals surface area contributed by atoms with Gasteiger partial charge in [-0.3, -0.25) is 0 Å². The van der Waals surface area contributed by atoms with Gasteiger partial charge in [0.05, 0.1) is 129 Å². The summed E-state index contributed by atoms with van der Waals surface area (Å²) in [4.78, 5) is 0. The Hall–Kier alpha value is 0.415. The molecule has 0 amide bonds. The number of hydrogen-bond acceptors (Lipinski definition) is 19. The van der Waals surface area contributed by atoms with Crippen LogP contribution in [0.1, 0.15) is 0 Å². The van der Waals surface area contributed by atoms with Crippen molar-refractivity contribution in [3.63, 3.8) is 0 Å². The van der Waals surface area contributed by atoms with Gasteiger partial charge in [0.15, 0.2) is 0 Å². The molecule has 4 aromatic rings. The summed E-state index contributed by atoms with van der Waals surface area (Å²) in [6.45, 7) is 12.1. The fourth-order valence-electron chi connectivity index (χ4n) is 3.79. The molecule has 0 aliphatic heterocycles. The van der Waals surface area contributed by atoms with E-state index in [1.807, 2.05) is 56.5 Å². The summed E-state index contributed by atoms with van der Waals surface area (Å²) >= 11 is 26.4. The number of aliphatic hydroxyl groups excluding tert-OH is 1. The Morgan fingerprint density at radius 3 is 1.11 bits per heavy atom. The van der Waals surface area contributed by atoms with Crippen LogP contribution in [0.3, 0.4) is 0 Å². The second kappa shape index (κ2) is 53.8. The van der Waals surface area contributed by atoms with Crippen LogP contribution in [0.25, 0.3) is 0 Å². The van der Waals surface area contributed by atoms with Gasteiger partial charge in [0.1, 0.15) is 40.9 Å². The van der Waals surface area contributed by atoms with Crippen LogP contribution in [0, 0.1) is 0 Å². The Morgan fingerprint density at radius 2 is 0.831 bits per heavy atom. The van der Waals surface area contributed by atoms with E-state index >= 15 is 0 Å². The number of aliphatic hydroxyl groups is 1. The number of rotatable bonds is 36. The van der Waals surface area contributed by atoms with Crippen molar-refractivity contribution in [2.45, 2.75) is 0 Å². The third kappa shape index (κ3) is 47.9. The van der Waals surface area contributed by atoms with Gasteiger partial charge in [-0.1, -0.05) is 31.9 Å². The van der Waals surface area contributed by atoms with Gasteiger partial charge in [-0.25, -0.2) is 0 Å². The topological polar surface area (TPSA) is 143 Å². The third-order valence-corrected chi connectivity index (χ3v) is 12.2. The molecule has 1 radical (unpaired) electrons. The van der Waals surface area contributed by atoms with E-state index in [2.05, 4.69) is 104 Å². The first-order chi connectivity index (χ1) is 31.9. The Morgan fingerprint density at radius 1 is 0.492 bits per heavy atom. The summed E-state index contributed by atoms with van der Waals surface area (Å²) in [7, 11) is 4.34. The standard InChI is InChI=1S/C12H17Br3O4S.C12H19BrO4S.C12H20O5S.C4H3BrS.BHNS/c13-1-2-16-3-4-17-5-6-18-7-8-19-10-9-11(14)20-12(10)15;2*13-2-3-14-4-5-15-6-7-16-8-9-17-12-1-10-18-11-12;5-4-1-2-6-3-4;1-2-3/h9H,1-8H2;1,10-11H,2-9H2;1,10-11,13H,2-9H2;1-3H;3H. The second-order valence-electron chi connectivity index (χ2n) is 11.3. The van der Waals surface area contributed by atoms with Crippen LogP contribution in [0.5, 0.6) is 17.2 Å². The maximum atomic E-state index is 8.46. The quantitative estimate of drug-likeness (QED) is 0.0193. The molecule has 0 aliphatic carbocycles. The van der Waals surface area contributed by atoms with Crippen molar-refractivity contribution in [2.75, 3.05) is 156 Å². The molecule has 0 saturated heterocycles. The number of hydrogen-bond donors (Lipinski definition) is 2. The molecule has 1 N–H and O–H groups in total. The van der Waals surface area contributed by atoms with Gasteiger partial charge >= 0.3 is 24.8 Å². The average Bonchev–Trinajstić information content (AvgIpc) is 4.16. The minimum atomic E-state index is 0.0489. The van der Waals surface area contributed by atoms with E-state index in [9.17, 15) is 0 Å². The van der Waals surface area contributed by atoms with Crippen molar-refractivity contribution in [3.8, 4) is 17.2 Å². The van der Waals surface area contributed by atoms with Crippen LogP contribution in [-0.2, 0) is 42.6 Å². The maximum absolute atomic E-state index is 8.46. The van der Waals surface area contributed by atoms with Gasteiger partial charge in [0, 0.05) is 37.3 Å². The van der Waals surface area contributed by atoms with Crippen molar-refractivity contribution in [1.29, 1.82) is 0 Å². The number of alkyl halides is 2. The van der Waals surface area contributed by atoms with Gasteiger partial charge in [-0.15, -0.1) is 34.0 Å². The number of thiophene rings is 4. The van der Waals surface area contributed by atoms with Crippen LogP contribution in [0.15, 0.2) is 72.9 Å². The molecule has 65 heavy (non-hydrogen) atoms. The fourth-order valence-corrected chi connectivity index (χ4v) is 9.18. The molecule has 0 saturated carbocycles. The first-order valence-electron chi connectivity index (χ1n) is 19.9. The zero-order valence-corrected chi connectivity index (χ0v) is 48.2. The molecule has 0 atom stereocenters. The third-order valence-electron chi connectivity index (χ3n) is 6.49. The van der Waals surface area contributed by atoms with E-state index < -0.39 is 0 Å². The van der Waals surface area contributed by atoms with Crippen molar-refractivity contribution >= 4 is 145 Å². The predicted octanol–water partition coefficient (Wildman–Crippen LogP) is 10.5. The SMILES string of the molecule is BrCCOCCOCCOCCOc1cc(Br)sc1Br.BrCCOCCOCCOCCOc1ccsc1.Brc1ccsc1.OCCOCCOCCOCCOc1ccsc1.[B]=NS. The number of halogens is 5. The molecule has 0 unspecified atom stereocenters. The van der Waals surface area contributed by atoms with Crippen LogP contribution >= 0.6 is 138 Å². The molecule has 4 rings (SSSR count). The zero-order chi connectivity index (χ0) is 47.5. The molecule has 0 aromatic carbocycles. The van der Waals surface area contributed by atoms with E-state index in [1.54, 1.807) is 45.3 Å². The molecular weight excluding hydrogens is 1270 g/mol. The van der Waals surface area contributed by atoms with Gasteiger partial charge < -0.3 is 61.9 Å². The van der Waals surface area contributed by atoms with Gasteiger partial charge in [0.2, 0.25) is 0 Å². The molecule has 4 heterocycles. The summed E-state index contributed by atoms with van der Waals surface area (Å²) in [6, 6.07) is 7.83. The van der Waals surface area contributed by atoms with E-state index in [0.717, 1.165) is 42.1 Å². The van der Waals surface area contributed by atoms with E-state index in [0.29, 0.717) is 132 Å². The normalized spacial score (nSPS) is 10.3. The van der Waals surface area contributed by atoms with Crippen LogP contribution < -0.4 is 14.2 Å². The van der Waals surface area contributed by atoms with Crippen molar-refractivity contribution in [1.82, 2.24) is 0 Å². The van der Waals surface area contributed by atoms with Crippen molar-refractivity contribution < 1.29 is 61.9 Å². The Bertz CT molecular complexity index is 1440. The first kappa shape index (κ1) is 65.4. The van der Waals surface area contributed by atoms with Crippen molar-refractivity contribution in [2.24, 2.45) is 4.30 Å². The van der Waals surface area contributed by atoms with Crippen LogP contribution in [-0.4, -0.2) is 169 Å². The Labute approximate surface area is 449 Å². The fraction of sp³-hybridized carbons (Fsp3) is 0.600. The van der Waals surface area contributed by atoms with E-state index in [4.69, 9.17) is 61.9 Å². The number of ether oxygens (including phenoxy) is 12. The molecule has 0 fully saturated rings. The first-order valence-corrected chi connectivity index (χ1v) is 28.6. The van der Waals surface area contributed by atoms with Crippen LogP contribution in [0.2, 0.25) is 0 Å². The number of nitrogens with zero attached hydrogens (tertiary/aromatic N) is 1. The van der Waals surface area contributed by atoms with Gasteiger partial charge in [0.25, 0.3) is 0 Å². The summed E-state index contributed by atoms with van der Waals surface area (Å²) in [6.07, 6.45) is 0. The second-order valence-corrected chi connectivity index (χ2v) is 20.1. The Balaban J connectivity index is 0.000000860. The average molecular weight is 1330 g/mol.